The molecule has 2 aliphatic carbocycles. The highest BCUT2D eigenvalue weighted by molar-refractivity contribution is 5.15. The number of nitrogens with zero attached hydrogens (tertiary/aromatic N) is 3. The average molecular weight is 412 g/mol. The van der Waals surface area contributed by atoms with Gasteiger partial charge in [-0.3, -0.25) is 0 Å². The minimum atomic E-state index is 0.272. The van der Waals surface area contributed by atoms with Crippen LogP contribution in [0.15, 0.2) is 12.1 Å². The Morgan fingerprint density at radius 3 is 2.30 bits per heavy atom. The van der Waals surface area contributed by atoms with Crippen molar-refractivity contribution in [2.45, 2.75) is 103 Å². The monoisotopic (exact) mass is 411 g/mol. The summed E-state index contributed by atoms with van der Waals surface area (Å²) in [5, 5.41) is 18.6. The number of hydrogen-bond donors (Lipinski definition) is 0. The fraction of sp³-hybridized carbons (Fsp3) is 0.808. The second kappa shape index (κ2) is 12.3. The van der Waals surface area contributed by atoms with Crippen molar-refractivity contribution in [3.8, 4) is 11.9 Å². The molecule has 2 fully saturated rings. The first-order chi connectivity index (χ1) is 14.7. The van der Waals surface area contributed by atoms with Crippen molar-refractivity contribution in [3.05, 3.63) is 17.8 Å². The van der Waals surface area contributed by atoms with Gasteiger partial charge in [-0.15, -0.1) is 5.10 Å². The molecule has 2 aliphatic rings. The third-order valence-corrected chi connectivity index (χ3v) is 7.58. The van der Waals surface area contributed by atoms with Crippen LogP contribution in [0, 0.1) is 35.0 Å². The summed E-state index contributed by atoms with van der Waals surface area (Å²) in [5.41, 5.74) is 1.11. The van der Waals surface area contributed by atoms with Crippen molar-refractivity contribution in [1.82, 2.24) is 10.2 Å². The smallest absolute Gasteiger partial charge is 0.233 e. The van der Waals surface area contributed by atoms with Crippen LogP contribution in [-0.2, 0) is 0 Å². The van der Waals surface area contributed by atoms with Gasteiger partial charge in [-0.2, -0.15) is 10.4 Å². The molecule has 4 nitrogen and oxygen atoms in total. The van der Waals surface area contributed by atoms with Crippen LogP contribution < -0.4 is 4.74 Å². The van der Waals surface area contributed by atoms with Gasteiger partial charge in [0, 0.05) is 17.9 Å². The van der Waals surface area contributed by atoms with Gasteiger partial charge in [-0.25, -0.2) is 0 Å². The molecular formula is C26H41N3O. The van der Waals surface area contributed by atoms with Crippen molar-refractivity contribution in [1.29, 1.82) is 5.26 Å². The molecule has 0 N–H and O–H groups in total. The van der Waals surface area contributed by atoms with E-state index in [4.69, 9.17) is 4.74 Å². The first-order valence-electron chi connectivity index (χ1n) is 12.6. The molecule has 2 saturated carbocycles. The predicted octanol–water partition coefficient (Wildman–Crippen LogP) is 7.07. The summed E-state index contributed by atoms with van der Waals surface area (Å²) in [4.78, 5) is 0. The molecule has 1 aromatic heterocycles. The lowest BCUT2D eigenvalue weighted by atomic mass is 9.70. The summed E-state index contributed by atoms with van der Waals surface area (Å²) in [7, 11) is 0. The topological polar surface area (TPSA) is 58.8 Å². The Labute approximate surface area is 183 Å². The van der Waals surface area contributed by atoms with Gasteiger partial charge in [0.05, 0.1) is 18.4 Å². The van der Waals surface area contributed by atoms with Crippen LogP contribution in [-0.4, -0.2) is 16.8 Å². The van der Waals surface area contributed by atoms with Crippen LogP contribution in [0.1, 0.15) is 109 Å². The van der Waals surface area contributed by atoms with Crippen molar-refractivity contribution in [2.75, 3.05) is 6.61 Å². The van der Waals surface area contributed by atoms with Crippen molar-refractivity contribution in [3.63, 3.8) is 0 Å². The van der Waals surface area contributed by atoms with Gasteiger partial charge in [0.1, 0.15) is 0 Å². The van der Waals surface area contributed by atoms with Gasteiger partial charge in [-0.05, 0) is 75.2 Å². The molecule has 4 heteroatoms. The number of rotatable bonds is 10. The van der Waals surface area contributed by atoms with E-state index in [1.807, 2.05) is 6.07 Å². The fourth-order valence-electron chi connectivity index (χ4n) is 5.64. The molecule has 30 heavy (non-hydrogen) atoms. The van der Waals surface area contributed by atoms with Gasteiger partial charge in [-0.1, -0.05) is 46.0 Å². The van der Waals surface area contributed by atoms with E-state index in [0.717, 1.165) is 37.5 Å². The maximum Gasteiger partial charge on any atom is 0.233 e. The molecule has 3 rings (SSSR count). The summed E-state index contributed by atoms with van der Waals surface area (Å²) >= 11 is 0. The predicted molar refractivity (Wildman–Crippen MR) is 121 cm³/mol. The molecule has 1 unspecified atom stereocenters. The summed E-state index contributed by atoms with van der Waals surface area (Å²) in [6, 6.07) is 6.78. The van der Waals surface area contributed by atoms with Crippen LogP contribution >= 0.6 is 0 Å². The molecule has 166 valence electrons. The maximum absolute atomic E-state index is 9.83. The molecule has 0 spiro atoms. The van der Waals surface area contributed by atoms with E-state index in [-0.39, 0.29) is 5.92 Å². The second-order valence-corrected chi connectivity index (χ2v) is 9.76. The van der Waals surface area contributed by atoms with Crippen LogP contribution in [0.3, 0.4) is 0 Å². The normalized spacial score (nSPS) is 27.9. The van der Waals surface area contributed by atoms with Crippen LogP contribution in [0.5, 0.6) is 5.88 Å². The van der Waals surface area contributed by atoms with Crippen LogP contribution in [0.4, 0.5) is 0 Å². The number of aromatic nitrogens is 2. The first kappa shape index (κ1) is 23.0. The molecule has 0 aliphatic heterocycles. The zero-order valence-electron chi connectivity index (χ0n) is 19.2. The Hall–Kier alpha value is -1.63. The Morgan fingerprint density at radius 1 is 0.967 bits per heavy atom. The third-order valence-electron chi connectivity index (χ3n) is 7.58. The quantitative estimate of drug-likeness (QED) is 0.386. The lowest BCUT2D eigenvalue weighted by Gasteiger charge is -2.34. The molecule has 0 aromatic carbocycles. The number of unbranched alkanes of at least 4 members (excludes halogenated alkanes) is 1. The molecule has 1 heterocycles. The number of nitriles is 1. The molecular weight excluding hydrogens is 370 g/mol. The van der Waals surface area contributed by atoms with Gasteiger partial charge < -0.3 is 4.74 Å². The van der Waals surface area contributed by atoms with Crippen LogP contribution in [0.2, 0.25) is 0 Å². The van der Waals surface area contributed by atoms with E-state index in [2.05, 4.69) is 36.2 Å². The Kier molecular flexibility index (Phi) is 9.43. The minimum Gasteiger partial charge on any atom is -0.477 e. The molecule has 1 aromatic rings. The maximum atomic E-state index is 9.83. The number of hydrogen-bond acceptors (Lipinski definition) is 4. The highest BCUT2D eigenvalue weighted by atomic mass is 16.5. The fourth-order valence-corrected chi connectivity index (χ4v) is 5.64. The standard InChI is InChI=1S/C26H41N3O/c1-3-5-17-30-26-16-15-25(28-29-26)23-13-9-21(10-14-23)18-24(19-27)22-11-7-20(6-4-2)8-12-22/h15-16,20-24H,3-14,17-18H2,1-2H3. The average Bonchev–Trinajstić information content (AvgIpc) is 2.79. The van der Waals surface area contributed by atoms with E-state index in [9.17, 15) is 5.26 Å². The van der Waals surface area contributed by atoms with Crippen LogP contribution in [0.25, 0.3) is 0 Å². The van der Waals surface area contributed by atoms with Gasteiger partial charge in [0.2, 0.25) is 5.88 Å². The molecule has 0 saturated heterocycles. The first-order valence-corrected chi connectivity index (χ1v) is 12.6. The Bertz CT molecular complexity index is 637. The molecule has 1 atom stereocenters. The van der Waals surface area contributed by atoms with E-state index < -0.39 is 0 Å². The van der Waals surface area contributed by atoms with Crippen molar-refractivity contribution < 1.29 is 4.74 Å². The summed E-state index contributed by atoms with van der Waals surface area (Å²) in [6.07, 6.45) is 16.0. The van der Waals surface area contributed by atoms with E-state index in [1.165, 1.54) is 64.2 Å². The zero-order valence-corrected chi connectivity index (χ0v) is 19.2. The Morgan fingerprint density at radius 2 is 1.70 bits per heavy atom. The Balaban J connectivity index is 1.42. The van der Waals surface area contributed by atoms with E-state index >= 15 is 0 Å². The largest absolute Gasteiger partial charge is 0.477 e. The summed E-state index contributed by atoms with van der Waals surface area (Å²) in [5.74, 6) is 3.71. The summed E-state index contributed by atoms with van der Waals surface area (Å²) in [6.45, 7) is 5.17. The molecule has 0 amide bonds. The lowest BCUT2D eigenvalue weighted by molar-refractivity contribution is 0.188. The van der Waals surface area contributed by atoms with Crippen molar-refractivity contribution >= 4 is 0 Å². The highest BCUT2D eigenvalue weighted by Gasteiger charge is 2.31. The molecule has 0 radical (unpaired) electrons. The van der Waals surface area contributed by atoms with E-state index in [1.54, 1.807) is 0 Å². The van der Waals surface area contributed by atoms with Crippen molar-refractivity contribution in [2.24, 2.45) is 23.7 Å². The second-order valence-electron chi connectivity index (χ2n) is 9.76. The van der Waals surface area contributed by atoms with E-state index in [0.29, 0.717) is 23.6 Å². The minimum absolute atomic E-state index is 0.272. The van der Waals surface area contributed by atoms with Gasteiger partial charge in [0.15, 0.2) is 0 Å². The van der Waals surface area contributed by atoms with Gasteiger partial charge >= 0.3 is 0 Å². The van der Waals surface area contributed by atoms with Gasteiger partial charge in [0.25, 0.3) is 0 Å². The third kappa shape index (κ3) is 6.69. The molecule has 0 bridgehead atoms. The zero-order chi connectivity index (χ0) is 21.2. The lowest BCUT2D eigenvalue weighted by Crippen LogP contribution is -2.24. The SMILES string of the molecule is CCCCOc1ccc(C2CCC(CC(C#N)C3CCC(CCC)CC3)CC2)nn1. The summed E-state index contributed by atoms with van der Waals surface area (Å²) < 4.78 is 5.64. The number of ether oxygens (including phenoxy) is 1. The highest BCUT2D eigenvalue weighted by Crippen LogP contribution is 2.42.